The van der Waals surface area contributed by atoms with Gasteiger partial charge in [-0.05, 0) is 0 Å². The van der Waals surface area contributed by atoms with Crippen molar-refractivity contribution in [2.24, 2.45) is 0 Å². The van der Waals surface area contributed by atoms with Crippen LogP contribution < -0.4 is 5.09 Å². The first kappa shape index (κ1) is 8.97. The molecule has 0 saturated carbocycles. The highest BCUT2D eigenvalue weighted by Crippen LogP contribution is 2.31. The molecule has 0 heterocycles. The third kappa shape index (κ3) is 3.91. The van der Waals surface area contributed by atoms with Crippen molar-refractivity contribution >= 4 is 8.53 Å². The molecule has 54 valence electrons. The van der Waals surface area contributed by atoms with Crippen LogP contribution in [0.15, 0.2) is 0 Å². The molecule has 0 saturated heterocycles. The first-order chi connectivity index (χ1) is 4.85. The quantitative estimate of drug-likeness (QED) is 0.485. The van der Waals surface area contributed by atoms with Crippen molar-refractivity contribution in [3.63, 3.8) is 0 Å². The second-order valence-electron chi connectivity index (χ2n) is 1.13. The van der Waals surface area contributed by atoms with Crippen LogP contribution in [0.1, 0.15) is 6.92 Å². The predicted molar refractivity (Wildman–Crippen MR) is 34.0 cm³/mol. The van der Waals surface area contributed by atoms with E-state index in [2.05, 4.69) is 14.1 Å². The summed E-state index contributed by atoms with van der Waals surface area (Å²) in [6.07, 6.45) is 2.86. The van der Waals surface area contributed by atoms with Crippen molar-refractivity contribution in [2.75, 3.05) is 6.54 Å². The Morgan fingerprint density at radius 2 is 1.90 bits per heavy atom. The lowest BCUT2D eigenvalue weighted by Crippen LogP contribution is -2.06. The van der Waals surface area contributed by atoms with E-state index in [4.69, 9.17) is 10.5 Å². The summed E-state index contributed by atoms with van der Waals surface area (Å²) in [5.74, 6) is 0. The van der Waals surface area contributed by atoms with E-state index >= 15 is 0 Å². The van der Waals surface area contributed by atoms with Gasteiger partial charge in [0.05, 0.1) is 0 Å². The van der Waals surface area contributed by atoms with Crippen LogP contribution in [0.5, 0.6) is 0 Å². The lowest BCUT2D eigenvalue weighted by atomic mass is 10.8. The largest absolute Gasteiger partial charge is 0.402 e. The molecule has 0 atom stereocenters. The van der Waals surface area contributed by atoms with E-state index in [1.165, 1.54) is 12.5 Å². The molecule has 0 unspecified atom stereocenters. The molecular formula is C4H6N3O2P. The Morgan fingerprint density at radius 3 is 2.20 bits per heavy atom. The van der Waals surface area contributed by atoms with E-state index in [-0.39, 0.29) is 0 Å². The van der Waals surface area contributed by atoms with Gasteiger partial charge in [-0.1, -0.05) is 6.92 Å². The minimum atomic E-state index is -1.53. The van der Waals surface area contributed by atoms with Crippen molar-refractivity contribution in [1.82, 2.24) is 5.09 Å². The molecule has 0 bridgehead atoms. The molecule has 10 heavy (non-hydrogen) atoms. The van der Waals surface area contributed by atoms with E-state index < -0.39 is 8.53 Å². The molecule has 1 N–H and O–H groups in total. The number of hydrogen-bond donors (Lipinski definition) is 1. The summed E-state index contributed by atoms with van der Waals surface area (Å²) < 4.78 is 8.67. The summed E-state index contributed by atoms with van der Waals surface area (Å²) in [5.41, 5.74) is 0. The van der Waals surface area contributed by atoms with Crippen molar-refractivity contribution in [1.29, 1.82) is 10.5 Å². The first-order valence-corrected chi connectivity index (χ1v) is 3.68. The first-order valence-electron chi connectivity index (χ1n) is 2.50. The predicted octanol–water partition coefficient (Wildman–Crippen LogP) is 0.818. The molecule has 0 aromatic carbocycles. The van der Waals surface area contributed by atoms with Crippen LogP contribution in [0.4, 0.5) is 0 Å². The summed E-state index contributed by atoms with van der Waals surface area (Å²) in [4.78, 5) is 0. The molecule has 5 nitrogen and oxygen atoms in total. The van der Waals surface area contributed by atoms with Crippen LogP contribution in [0.25, 0.3) is 0 Å². The standard InChI is InChI=1S/C4H6N3O2P/c1-2-7-10(8-3-5)9-4-6/h7H,2H2,1H3. The van der Waals surface area contributed by atoms with Gasteiger partial charge in [0, 0.05) is 6.54 Å². The molecule has 0 amide bonds. The average molecular weight is 159 g/mol. The fourth-order valence-electron chi connectivity index (χ4n) is 0.286. The molecule has 0 aliphatic heterocycles. The molecule has 0 spiro atoms. The smallest absolute Gasteiger partial charge is 0.351 e. The molecule has 0 aromatic heterocycles. The van der Waals surface area contributed by atoms with Gasteiger partial charge in [-0.15, -0.1) is 10.5 Å². The maximum absolute atomic E-state index is 8.00. The molecule has 6 heteroatoms. The van der Waals surface area contributed by atoms with Gasteiger partial charge in [-0.3, -0.25) is 0 Å². The maximum atomic E-state index is 8.00. The van der Waals surface area contributed by atoms with Crippen LogP contribution >= 0.6 is 8.53 Å². The van der Waals surface area contributed by atoms with Crippen LogP contribution in [-0.4, -0.2) is 6.54 Å². The van der Waals surface area contributed by atoms with Crippen molar-refractivity contribution < 1.29 is 9.05 Å². The number of nitriles is 2. The third-order valence-electron chi connectivity index (χ3n) is 0.535. The SMILES string of the molecule is CCNP(OC#N)OC#N. The van der Waals surface area contributed by atoms with E-state index in [0.717, 1.165) is 0 Å². The normalized spacial score (nSPS) is 8.00. The topological polar surface area (TPSA) is 78.1 Å². The summed E-state index contributed by atoms with van der Waals surface area (Å²) >= 11 is 0. The highest BCUT2D eigenvalue weighted by Gasteiger charge is 2.09. The van der Waals surface area contributed by atoms with Gasteiger partial charge in [-0.25, -0.2) is 5.09 Å². The molecule has 0 aromatic rings. The van der Waals surface area contributed by atoms with Crippen LogP contribution in [0.2, 0.25) is 0 Å². The lowest BCUT2D eigenvalue weighted by molar-refractivity contribution is 0.422. The third-order valence-corrected chi connectivity index (χ3v) is 1.60. The highest BCUT2D eigenvalue weighted by atomic mass is 31.2. The molecular weight excluding hydrogens is 153 g/mol. The van der Waals surface area contributed by atoms with Crippen LogP contribution in [0.3, 0.4) is 0 Å². The van der Waals surface area contributed by atoms with Gasteiger partial charge >= 0.3 is 8.53 Å². The zero-order valence-corrected chi connectivity index (χ0v) is 6.26. The maximum Gasteiger partial charge on any atom is 0.402 e. The second kappa shape index (κ2) is 6.10. The van der Waals surface area contributed by atoms with Gasteiger partial charge in [-0.2, -0.15) is 0 Å². The number of nitrogens with zero attached hydrogens (tertiary/aromatic N) is 2. The summed E-state index contributed by atoms with van der Waals surface area (Å²) in [6, 6.07) is 0. The lowest BCUT2D eigenvalue weighted by Gasteiger charge is -2.05. The van der Waals surface area contributed by atoms with E-state index in [1.54, 1.807) is 0 Å². The zero-order chi connectivity index (χ0) is 7.82. The molecule has 0 aliphatic carbocycles. The van der Waals surface area contributed by atoms with Gasteiger partial charge in [0.15, 0.2) is 0 Å². The van der Waals surface area contributed by atoms with E-state index in [9.17, 15) is 0 Å². The summed E-state index contributed by atoms with van der Waals surface area (Å²) in [7, 11) is -1.53. The Morgan fingerprint density at radius 1 is 1.40 bits per heavy atom. The Hall–Kier alpha value is -1.03. The number of hydrogen-bond acceptors (Lipinski definition) is 5. The Balaban J connectivity index is 3.54. The Kier molecular flexibility index (Phi) is 5.47. The fourth-order valence-corrected chi connectivity index (χ4v) is 0.859. The van der Waals surface area contributed by atoms with E-state index in [0.29, 0.717) is 6.54 Å². The molecule has 0 fully saturated rings. The van der Waals surface area contributed by atoms with Crippen molar-refractivity contribution in [3.8, 4) is 12.5 Å². The fraction of sp³-hybridized carbons (Fsp3) is 0.500. The minimum Gasteiger partial charge on any atom is -0.351 e. The number of nitrogens with one attached hydrogen (secondary N) is 1. The second-order valence-corrected chi connectivity index (χ2v) is 2.33. The highest BCUT2D eigenvalue weighted by molar-refractivity contribution is 7.45. The molecule has 0 rings (SSSR count). The van der Waals surface area contributed by atoms with Crippen LogP contribution in [-0.2, 0) is 9.05 Å². The van der Waals surface area contributed by atoms with Gasteiger partial charge in [0.2, 0.25) is 0 Å². The summed E-state index contributed by atoms with van der Waals surface area (Å²) in [5, 5.41) is 18.7. The monoisotopic (exact) mass is 159 g/mol. The van der Waals surface area contributed by atoms with Crippen LogP contribution in [0, 0.1) is 23.0 Å². The average Bonchev–Trinajstić information content (AvgIpc) is 1.90. The van der Waals surface area contributed by atoms with Crippen molar-refractivity contribution in [3.05, 3.63) is 0 Å². The van der Waals surface area contributed by atoms with Gasteiger partial charge in [0.1, 0.15) is 0 Å². The van der Waals surface area contributed by atoms with E-state index in [1.807, 2.05) is 6.92 Å². The van der Waals surface area contributed by atoms with Gasteiger partial charge in [0.25, 0.3) is 12.5 Å². The van der Waals surface area contributed by atoms with Gasteiger partial charge < -0.3 is 9.05 Å². The Labute approximate surface area is 60.1 Å². The molecule has 0 aliphatic rings. The molecule has 0 radical (unpaired) electrons. The van der Waals surface area contributed by atoms with Crippen molar-refractivity contribution in [2.45, 2.75) is 6.92 Å². The zero-order valence-electron chi connectivity index (χ0n) is 5.37. The minimum absolute atomic E-state index is 0.592. The summed E-state index contributed by atoms with van der Waals surface area (Å²) in [6.45, 7) is 2.41. The number of rotatable bonds is 4. The Bertz CT molecular complexity index is 145.